The third-order valence-electron chi connectivity index (χ3n) is 12.3. The number of ether oxygens (including phenoxy) is 2. The van der Waals surface area contributed by atoms with Crippen molar-refractivity contribution in [3.63, 3.8) is 0 Å². The molecule has 1 saturated heterocycles. The van der Waals surface area contributed by atoms with Crippen molar-refractivity contribution in [2.45, 2.75) is 101 Å². The van der Waals surface area contributed by atoms with Crippen molar-refractivity contribution < 1.29 is 36.7 Å². The highest BCUT2D eigenvalue weighted by atomic mass is 32.2. The zero-order valence-electron chi connectivity index (χ0n) is 36.3. The number of nitrogens with one attached hydrogen (secondary N) is 3. The number of aryl methyl sites for hydroxylation is 1. The van der Waals surface area contributed by atoms with Gasteiger partial charge in [-0.05, 0) is 80.5 Å². The summed E-state index contributed by atoms with van der Waals surface area (Å²) in [5, 5.41) is 9.69. The number of pyridine rings is 1. The fourth-order valence-electron chi connectivity index (χ4n) is 8.63. The van der Waals surface area contributed by atoms with Gasteiger partial charge in [0.2, 0.25) is 21.8 Å². The van der Waals surface area contributed by atoms with Gasteiger partial charge in [-0.25, -0.2) is 22.8 Å². The van der Waals surface area contributed by atoms with Crippen LogP contribution in [0.1, 0.15) is 81.5 Å². The fraction of sp³-hybridized carbons (Fsp3) is 0.396. The molecule has 2 aliphatic heterocycles. The molecule has 3 N–H and O–H groups in total. The second kappa shape index (κ2) is 18.7. The summed E-state index contributed by atoms with van der Waals surface area (Å²) in [6, 6.07) is 18.0. The average Bonchev–Trinajstić information content (AvgIpc) is 3.54. The Hall–Kier alpha value is -5.87. The average molecular weight is 909 g/mol. The molecule has 0 bridgehead atoms. The lowest BCUT2D eigenvalue weighted by molar-refractivity contribution is -0.140. The Kier molecular flexibility index (Phi) is 13.1. The van der Waals surface area contributed by atoms with Crippen LogP contribution in [0.25, 0.3) is 21.6 Å². The quantitative estimate of drug-likeness (QED) is 0.111. The number of hydrogen-bond acceptors (Lipinski definition) is 11. The number of halogens is 1. The minimum Gasteiger partial charge on any atom is -0.496 e. The summed E-state index contributed by atoms with van der Waals surface area (Å²) >= 11 is 1.48. The molecular formula is C48H53FN6O7S2. The van der Waals surface area contributed by atoms with Crippen molar-refractivity contribution in [3.8, 4) is 22.2 Å². The number of nitrogens with zero attached hydrogens (tertiary/aromatic N) is 3. The van der Waals surface area contributed by atoms with Gasteiger partial charge in [-0.3, -0.25) is 19.1 Å². The summed E-state index contributed by atoms with van der Waals surface area (Å²) in [5.41, 5.74) is 2.49. The Balaban J connectivity index is 1.14. The van der Waals surface area contributed by atoms with E-state index in [1.165, 1.54) is 28.4 Å². The number of carbonyl (C=O) groups excluding carboxylic acids is 3. The van der Waals surface area contributed by atoms with E-state index in [1.807, 2.05) is 42.7 Å². The van der Waals surface area contributed by atoms with Gasteiger partial charge in [0.15, 0.2) is 0 Å². The van der Waals surface area contributed by atoms with Crippen LogP contribution in [0.15, 0.2) is 90.3 Å². The molecule has 1 saturated carbocycles. The summed E-state index contributed by atoms with van der Waals surface area (Å²) in [6.07, 6.45) is 6.85. The van der Waals surface area contributed by atoms with Crippen LogP contribution < -0.4 is 24.8 Å². The lowest BCUT2D eigenvalue weighted by Gasteiger charge is -2.30. The van der Waals surface area contributed by atoms with Crippen molar-refractivity contribution in [2.75, 3.05) is 19.0 Å². The number of sulfonamides is 1. The van der Waals surface area contributed by atoms with Gasteiger partial charge in [-0.1, -0.05) is 69.2 Å². The molecule has 336 valence electrons. The second-order valence-corrected chi connectivity index (χ2v) is 19.8. The predicted octanol–water partition coefficient (Wildman–Crippen LogP) is 7.81. The number of fused-ring (bicyclic) bond motifs is 3. The summed E-state index contributed by atoms with van der Waals surface area (Å²) < 4.78 is 55.5. The Bertz CT molecular complexity index is 2680. The monoisotopic (exact) mass is 908 g/mol. The first-order valence-electron chi connectivity index (χ1n) is 21.7. The summed E-state index contributed by atoms with van der Waals surface area (Å²) in [4.78, 5) is 55.2. The number of aromatic nitrogens is 2. The van der Waals surface area contributed by atoms with Crippen molar-refractivity contribution in [1.82, 2.24) is 24.9 Å². The topological polar surface area (TPSA) is 169 Å². The molecular weight excluding hydrogens is 856 g/mol. The van der Waals surface area contributed by atoms with Crippen LogP contribution in [-0.2, 0) is 30.2 Å². The van der Waals surface area contributed by atoms with Crippen molar-refractivity contribution in [2.24, 2.45) is 5.92 Å². The Labute approximate surface area is 376 Å². The van der Waals surface area contributed by atoms with Gasteiger partial charge in [0.25, 0.3) is 5.91 Å². The number of carbonyl (C=O) groups is 3. The standard InChI is InChI=1S/C48H53FN6O7S2/c1-29(2)39-27-63-45(52-39)38-24-42(36-21-22-41(61-4)30(3)43(36)51-38)62-35-23-40-44(56)53-48(47(58)54-64(59,60)28-31-13-9-8-10-14-31)25-32(48)15-11-6-5-7-12-16-37(46(57)55(40)26-35)50-34-19-17-33(49)18-20-34/h8-11,13-15,17-22,24,27,29,32,35,37,40,50H,5-7,12,16,23,25-26,28H2,1-4H3,(H,53,56)(H,54,58)/b15-11-/t32-,35+,37-,40-,48+/m0/s1. The molecule has 8 rings (SSSR count). The van der Waals surface area contributed by atoms with E-state index >= 15 is 0 Å². The van der Waals surface area contributed by atoms with Crippen molar-refractivity contribution >= 4 is 55.7 Å². The van der Waals surface area contributed by atoms with E-state index in [1.54, 1.807) is 49.6 Å². The van der Waals surface area contributed by atoms with Crippen LogP contribution in [0.2, 0.25) is 0 Å². The number of allylic oxidation sites excluding steroid dienone is 1. The van der Waals surface area contributed by atoms with E-state index in [0.717, 1.165) is 24.1 Å². The fourth-order valence-corrected chi connectivity index (χ4v) is 10.7. The maximum absolute atomic E-state index is 14.9. The van der Waals surface area contributed by atoms with E-state index in [2.05, 4.69) is 29.2 Å². The zero-order chi connectivity index (χ0) is 45.2. The first kappa shape index (κ1) is 44.7. The van der Waals surface area contributed by atoms with Crippen molar-refractivity contribution in [3.05, 3.63) is 113 Å². The number of benzene rings is 3. The number of hydrogen-bond donors (Lipinski definition) is 3. The zero-order valence-corrected chi connectivity index (χ0v) is 37.9. The normalized spacial score (nSPS) is 23.3. The summed E-state index contributed by atoms with van der Waals surface area (Å²) in [5.74, 6) is -1.75. The predicted molar refractivity (Wildman–Crippen MR) is 245 cm³/mol. The minimum absolute atomic E-state index is 0.0233. The number of rotatable bonds is 11. The van der Waals surface area contributed by atoms with E-state index in [9.17, 15) is 27.2 Å². The van der Waals surface area contributed by atoms with E-state index in [0.29, 0.717) is 63.6 Å². The van der Waals surface area contributed by atoms with Gasteiger partial charge in [-0.15, -0.1) is 11.3 Å². The van der Waals surface area contributed by atoms with Gasteiger partial charge >= 0.3 is 0 Å². The molecule has 0 radical (unpaired) electrons. The highest BCUT2D eigenvalue weighted by Gasteiger charge is 2.61. The Morgan fingerprint density at radius 1 is 1.03 bits per heavy atom. The van der Waals surface area contributed by atoms with Gasteiger partial charge < -0.3 is 25.0 Å². The molecule has 4 heterocycles. The van der Waals surface area contributed by atoms with E-state index < -0.39 is 63.1 Å². The molecule has 3 aliphatic rings. The Morgan fingerprint density at radius 2 is 1.81 bits per heavy atom. The molecule has 13 nitrogen and oxygen atoms in total. The SMILES string of the molecule is COc1ccc2c(O[C@@H]3C[C@H]4C(=O)N[C@]5(C(=O)NS(=O)(=O)Cc6ccccc6)C[C@@H]5/C=C\CCCCC[C@H](Nc5ccc(F)cc5)C(=O)N4C3)cc(-c3nc(C(C)C)cs3)nc2c1C. The van der Waals surface area contributed by atoms with Gasteiger partial charge in [-0.2, -0.15) is 0 Å². The van der Waals surface area contributed by atoms with Crippen LogP contribution in [0.3, 0.4) is 0 Å². The highest BCUT2D eigenvalue weighted by Crippen LogP contribution is 2.46. The third kappa shape index (κ3) is 9.77. The van der Waals surface area contributed by atoms with E-state index in [4.69, 9.17) is 19.4 Å². The second-order valence-electron chi connectivity index (χ2n) is 17.2. The maximum Gasteiger partial charge on any atom is 0.259 e. The molecule has 3 amide bonds. The molecule has 0 spiro atoms. The van der Waals surface area contributed by atoms with Crippen LogP contribution in [-0.4, -0.2) is 78.4 Å². The van der Waals surface area contributed by atoms with Gasteiger partial charge in [0.05, 0.1) is 30.6 Å². The lowest BCUT2D eigenvalue weighted by Crippen LogP contribution is -2.57. The molecule has 5 atom stereocenters. The first-order valence-corrected chi connectivity index (χ1v) is 24.3. The van der Waals surface area contributed by atoms with Gasteiger partial charge in [0, 0.05) is 40.4 Å². The molecule has 2 aromatic heterocycles. The molecule has 16 heteroatoms. The maximum atomic E-state index is 14.9. The molecule has 0 unspecified atom stereocenters. The molecule has 64 heavy (non-hydrogen) atoms. The smallest absolute Gasteiger partial charge is 0.259 e. The number of amides is 3. The number of methoxy groups -OCH3 is 1. The summed E-state index contributed by atoms with van der Waals surface area (Å²) in [6.45, 7) is 6.10. The third-order valence-corrected chi connectivity index (χ3v) is 14.4. The lowest BCUT2D eigenvalue weighted by atomic mass is 10.0. The number of anilines is 1. The molecule has 3 aromatic carbocycles. The van der Waals surface area contributed by atoms with Crippen LogP contribution in [0, 0.1) is 18.7 Å². The first-order chi connectivity index (χ1) is 30.7. The summed E-state index contributed by atoms with van der Waals surface area (Å²) in [7, 11) is -2.55. The minimum atomic E-state index is -4.15. The van der Waals surface area contributed by atoms with Crippen LogP contribution in [0.5, 0.6) is 11.5 Å². The highest BCUT2D eigenvalue weighted by molar-refractivity contribution is 7.89. The van der Waals surface area contributed by atoms with E-state index in [-0.39, 0.29) is 31.2 Å². The van der Waals surface area contributed by atoms with Gasteiger partial charge in [0.1, 0.15) is 51.7 Å². The Morgan fingerprint density at radius 3 is 2.55 bits per heavy atom. The van der Waals surface area contributed by atoms with Crippen LogP contribution >= 0.6 is 11.3 Å². The van der Waals surface area contributed by atoms with Crippen molar-refractivity contribution in [1.29, 1.82) is 0 Å². The largest absolute Gasteiger partial charge is 0.496 e. The molecule has 5 aromatic rings. The molecule has 2 fully saturated rings. The molecule has 1 aliphatic carbocycles. The van der Waals surface area contributed by atoms with Crippen LogP contribution in [0.4, 0.5) is 10.1 Å². The number of thiazole rings is 1.